The molecule has 0 aromatic carbocycles. The molecule has 0 aromatic heterocycles. The zero-order chi connectivity index (χ0) is 14.2. The molecule has 0 bridgehead atoms. The number of carbonyl (C=O) groups is 1. The van der Waals surface area contributed by atoms with Crippen LogP contribution in [0.3, 0.4) is 0 Å². The van der Waals surface area contributed by atoms with Crippen LogP contribution in [-0.2, 0) is 79.8 Å². The molecule has 3 nitrogen and oxygen atoms in total. The number of hydrogen-bond acceptors (Lipinski definition) is 3. The van der Waals surface area contributed by atoms with Crippen molar-refractivity contribution >= 4 is 18.4 Å². The van der Waals surface area contributed by atoms with Crippen LogP contribution in [0.15, 0.2) is 0 Å². The van der Waals surface area contributed by atoms with E-state index >= 15 is 0 Å². The fraction of sp³-hybridized carbons (Fsp3) is 0.800. The molecule has 2 fully saturated rings. The minimum atomic E-state index is 0. The van der Waals surface area contributed by atoms with E-state index in [1.54, 1.807) is 0 Å². The average Bonchev–Trinajstić information content (AvgIpc) is 2.95. The number of hydrogen-bond donors (Lipinski definition) is 0. The van der Waals surface area contributed by atoms with Crippen molar-refractivity contribution < 1.29 is 79.8 Å². The van der Waals surface area contributed by atoms with E-state index < -0.39 is 0 Å². The average molecular weight is 432 g/mol. The fourth-order valence-corrected chi connectivity index (χ4v) is 1.90. The minimum Gasteiger partial charge on any atom is -0.542 e. The Balaban J connectivity index is -0.0000000874. The number of rotatable bonds is 0. The smallest absolute Gasteiger partial charge is 0.132 e. The van der Waals surface area contributed by atoms with Gasteiger partial charge in [0.1, 0.15) is 5.78 Å². The molecule has 112 valence electrons. The van der Waals surface area contributed by atoms with Crippen LogP contribution >= 0.6 is 0 Å². The molecule has 2 aliphatic carbocycles. The SMILES string of the molecule is CC1CCCC1.C[C-]=O.C[C-]=O.O=C1CCCC1.[Y].[Y]. The van der Waals surface area contributed by atoms with Crippen LogP contribution in [0.25, 0.3) is 0 Å². The van der Waals surface area contributed by atoms with Crippen LogP contribution in [0.5, 0.6) is 0 Å². The second kappa shape index (κ2) is 25.2. The van der Waals surface area contributed by atoms with Gasteiger partial charge in [0.05, 0.1) is 0 Å². The van der Waals surface area contributed by atoms with Crippen molar-refractivity contribution in [3.8, 4) is 0 Å². The van der Waals surface area contributed by atoms with Gasteiger partial charge in [0.15, 0.2) is 0 Å². The molecule has 0 N–H and O–H groups in total. The largest absolute Gasteiger partial charge is 0.542 e. The van der Waals surface area contributed by atoms with E-state index in [1.807, 2.05) is 0 Å². The molecule has 0 heterocycles. The van der Waals surface area contributed by atoms with Crippen LogP contribution in [0.2, 0.25) is 0 Å². The van der Waals surface area contributed by atoms with Crippen LogP contribution in [0, 0.1) is 5.92 Å². The summed E-state index contributed by atoms with van der Waals surface area (Å²) in [6.45, 7) is 4.98. The molecule has 0 aromatic rings. The summed E-state index contributed by atoms with van der Waals surface area (Å²) in [5.74, 6) is 1.50. The Hall–Kier alpha value is 1.22. The van der Waals surface area contributed by atoms with Gasteiger partial charge in [-0.25, -0.2) is 0 Å². The first-order chi connectivity index (χ1) is 8.62. The normalized spacial score (nSPS) is 15.7. The summed E-state index contributed by atoms with van der Waals surface area (Å²) in [7, 11) is 0. The van der Waals surface area contributed by atoms with E-state index in [2.05, 4.69) is 6.92 Å². The summed E-state index contributed by atoms with van der Waals surface area (Å²) in [4.78, 5) is 27.6. The molecular formula is C15H26O3Y2-2. The predicted molar refractivity (Wildman–Crippen MR) is 73.8 cm³/mol. The molecular weight excluding hydrogens is 406 g/mol. The molecule has 20 heavy (non-hydrogen) atoms. The molecule has 5 heteroatoms. The molecule has 0 spiro atoms. The summed E-state index contributed by atoms with van der Waals surface area (Å²) in [6.07, 6.45) is 12.9. The quantitative estimate of drug-likeness (QED) is 0.551. The summed E-state index contributed by atoms with van der Waals surface area (Å²) in [5.41, 5.74) is 0. The Morgan fingerprint density at radius 2 is 1.15 bits per heavy atom. The van der Waals surface area contributed by atoms with Crippen molar-refractivity contribution in [3.05, 3.63) is 0 Å². The van der Waals surface area contributed by atoms with Gasteiger partial charge in [-0.05, 0) is 18.8 Å². The Bertz CT molecular complexity index is 201. The van der Waals surface area contributed by atoms with E-state index in [4.69, 9.17) is 9.59 Å². The summed E-state index contributed by atoms with van der Waals surface area (Å²) >= 11 is 0. The first-order valence-electron chi connectivity index (χ1n) is 6.71. The van der Waals surface area contributed by atoms with E-state index in [-0.39, 0.29) is 65.4 Å². The summed E-state index contributed by atoms with van der Waals surface area (Å²) in [6, 6.07) is 0. The van der Waals surface area contributed by atoms with Crippen molar-refractivity contribution in [2.45, 2.75) is 72.1 Å². The third-order valence-corrected chi connectivity index (χ3v) is 2.81. The van der Waals surface area contributed by atoms with Gasteiger partial charge in [-0.2, -0.15) is 13.8 Å². The van der Waals surface area contributed by atoms with Gasteiger partial charge in [-0.1, -0.05) is 32.6 Å². The molecule has 0 amide bonds. The standard InChI is InChI=1S/C6H12.C5H8O.2C2H3O.2Y/c1-6-4-2-3-5-6;6-5-3-1-2-4-5;2*1-2-3;;/h6H,2-5H2,1H3;1-4H2;2*1H3;;/q;;2*-1;;. The van der Waals surface area contributed by atoms with Crippen molar-refractivity contribution in [1.29, 1.82) is 0 Å². The first kappa shape index (κ1) is 29.3. The van der Waals surface area contributed by atoms with Gasteiger partial charge in [0, 0.05) is 78.3 Å². The number of Topliss-reactive ketones (excluding diaryl/α,β-unsaturated/α-hetero) is 1. The molecule has 2 aliphatic rings. The molecule has 2 saturated carbocycles. The molecule has 0 atom stereocenters. The summed E-state index contributed by atoms with van der Waals surface area (Å²) in [5, 5.41) is 0. The Morgan fingerprint density at radius 3 is 1.25 bits per heavy atom. The second-order valence-electron chi connectivity index (χ2n) is 4.54. The van der Waals surface area contributed by atoms with Crippen molar-refractivity contribution in [2.24, 2.45) is 5.92 Å². The molecule has 0 saturated heterocycles. The third-order valence-electron chi connectivity index (χ3n) is 2.81. The molecule has 0 aliphatic heterocycles. The van der Waals surface area contributed by atoms with Crippen LogP contribution < -0.4 is 0 Å². The predicted octanol–water partition coefficient (Wildman–Crippen LogP) is 3.55. The number of carbonyl (C=O) groups excluding carboxylic acids is 3. The van der Waals surface area contributed by atoms with Gasteiger partial charge in [-0.15, -0.1) is 0 Å². The maximum absolute atomic E-state index is 10.2. The van der Waals surface area contributed by atoms with Crippen LogP contribution in [0.1, 0.15) is 72.1 Å². The Labute approximate surface area is 174 Å². The van der Waals surface area contributed by atoms with Gasteiger partial charge in [0.25, 0.3) is 0 Å². The fourth-order valence-electron chi connectivity index (χ4n) is 1.90. The van der Waals surface area contributed by atoms with E-state index in [0.29, 0.717) is 5.78 Å². The van der Waals surface area contributed by atoms with Gasteiger partial charge in [-0.3, -0.25) is 17.4 Å². The van der Waals surface area contributed by atoms with Crippen molar-refractivity contribution in [2.75, 3.05) is 0 Å². The topological polar surface area (TPSA) is 51.2 Å². The second-order valence-corrected chi connectivity index (χ2v) is 4.54. The molecule has 2 radical (unpaired) electrons. The zero-order valence-electron chi connectivity index (χ0n) is 13.1. The Morgan fingerprint density at radius 1 is 0.850 bits per heavy atom. The Kier molecular flexibility index (Phi) is 36.8. The zero-order valence-corrected chi connectivity index (χ0v) is 18.8. The maximum Gasteiger partial charge on any atom is 0.132 e. The first-order valence-corrected chi connectivity index (χ1v) is 6.71. The van der Waals surface area contributed by atoms with E-state index in [0.717, 1.165) is 31.6 Å². The minimum absolute atomic E-state index is 0. The van der Waals surface area contributed by atoms with Crippen molar-refractivity contribution in [3.63, 3.8) is 0 Å². The third kappa shape index (κ3) is 27.5. The van der Waals surface area contributed by atoms with Gasteiger partial charge >= 0.3 is 0 Å². The summed E-state index contributed by atoms with van der Waals surface area (Å²) < 4.78 is 0. The van der Waals surface area contributed by atoms with Gasteiger partial charge in [0.2, 0.25) is 0 Å². The van der Waals surface area contributed by atoms with E-state index in [9.17, 15) is 4.79 Å². The number of ketones is 1. The molecule has 0 unspecified atom stereocenters. The van der Waals surface area contributed by atoms with E-state index in [1.165, 1.54) is 52.1 Å². The monoisotopic (exact) mass is 432 g/mol. The van der Waals surface area contributed by atoms with Crippen LogP contribution in [-0.4, -0.2) is 18.4 Å². The maximum atomic E-state index is 10.2. The van der Waals surface area contributed by atoms with Gasteiger partial charge < -0.3 is 9.59 Å². The van der Waals surface area contributed by atoms with Crippen LogP contribution in [0.4, 0.5) is 0 Å². The van der Waals surface area contributed by atoms with Crippen molar-refractivity contribution in [1.82, 2.24) is 0 Å². The molecule has 2 rings (SSSR count).